The van der Waals surface area contributed by atoms with Crippen LogP contribution in [0.3, 0.4) is 0 Å². The second kappa shape index (κ2) is 7.84. The van der Waals surface area contributed by atoms with Crippen molar-refractivity contribution in [3.8, 4) is 10.6 Å². The molecular weight excluding hydrogens is 456 g/mol. The quantitative estimate of drug-likeness (QED) is 0.555. The van der Waals surface area contributed by atoms with Crippen LogP contribution in [-0.2, 0) is 29.0 Å². The van der Waals surface area contributed by atoms with E-state index in [0.717, 1.165) is 41.3 Å². The summed E-state index contributed by atoms with van der Waals surface area (Å²) in [6.07, 6.45) is -2.52. The second-order valence-corrected chi connectivity index (χ2v) is 9.95. The smallest absolute Gasteiger partial charge is 0.322 e. The number of sulfone groups is 1. The average molecular weight is 472 g/mol. The van der Waals surface area contributed by atoms with Crippen LogP contribution in [0.25, 0.3) is 10.6 Å². The zero-order valence-electron chi connectivity index (χ0n) is 16.0. The molecule has 0 saturated heterocycles. The van der Waals surface area contributed by atoms with Crippen LogP contribution in [0, 0.1) is 5.82 Å². The van der Waals surface area contributed by atoms with Crippen LogP contribution >= 0.6 is 11.3 Å². The summed E-state index contributed by atoms with van der Waals surface area (Å²) < 4.78 is 78.5. The highest BCUT2D eigenvalue weighted by atomic mass is 32.2. The Morgan fingerprint density at radius 3 is 2.65 bits per heavy atom. The molecule has 0 saturated carbocycles. The Labute approximate surface area is 179 Å². The highest BCUT2D eigenvalue weighted by Gasteiger charge is 2.36. The molecular formula is C19H16F4N4O2S2. The van der Waals surface area contributed by atoms with Gasteiger partial charge in [-0.1, -0.05) is 0 Å². The fourth-order valence-corrected chi connectivity index (χ4v) is 5.22. The van der Waals surface area contributed by atoms with Crippen molar-refractivity contribution in [2.75, 3.05) is 18.1 Å². The summed E-state index contributed by atoms with van der Waals surface area (Å²) in [5, 5.41) is 7.05. The minimum absolute atomic E-state index is 0.00770. The molecule has 0 atom stereocenters. The third kappa shape index (κ3) is 4.55. The van der Waals surface area contributed by atoms with E-state index in [-0.39, 0.29) is 21.4 Å². The van der Waals surface area contributed by atoms with E-state index < -0.39 is 33.1 Å². The van der Waals surface area contributed by atoms with Crippen molar-refractivity contribution in [1.82, 2.24) is 15.3 Å². The van der Waals surface area contributed by atoms with Crippen LogP contribution in [0.1, 0.15) is 16.7 Å². The molecule has 0 radical (unpaired) electrons. The number of nitrogens with zero attached hydrogens (tertiary/aromatic N) is 2. The Morgan fingerprint density at radius 2 is 1.97 bits per heavy atom. The van der Waals surface area contributed by atoms with E-state index in [9.17, 15) is 26.0 Å². The number of rotatable bonds is 4. The normalized spacial score (nSPS) is 14.4. The van der Waals surface area contributed by atoms with Crippen molar-refractivity contribution in [2.24, 2.45) is 0 Å². The van der Waals surface area contributed by atoms with Crippen molar-refractivity contribution in [3.05, 3.63) is 52.3 Å². The Balaban J connectivity index is 1.75. The van der Waals surface area contributed by atoms with Crippen LogP contribution in [0.2, 0.25) is 0 Å². The summed E-state index contributed by atoms with van der Waals surface area (Å²) in [5.41, 5.74) is 0.178. The molecule has 0 amide bonds. The van der Waals surface area contributed by atoms with Crippen molar-refractivity contribution < 1.29 is 26.0 Å². The SMILES string of the molecule is CS(=O)(=O)c1csc(-c2nc(Nc3cc4c(cc3F)CCNC4)ncc2C(F)(F)F)c1. The number of hydrogen-bond acceptors (Lipinski definition) is 7. The van der Waals surface area contributed by atoms with Crippen LogP contribution < -0.4 is 10.6 Å². The molecule has 164 valence electrons. The van der Waals surface area contributed by atoms with Gasteiger partial charge in [0.15, 0.2) is 9.84 Å². The first kappa shape index (κ1) is 21.7. The van der Waals surface area contributed by atoms with Gasteiger partial charge in [-0.25, -0.2) is 22.8 Å². The second-order valence-electron chi connectivity index (χ2n) is 7.03. The molecule has 0 unspecified atom stereocenters. The van der Waals surface area contributed by atoms with Crippen molar-refractivity contribution >= 4 is 32.8 Å². The lowest BCUT2D eigenvalue weighted by molar-refractivity contribution is -0.137. The maximum atomic E-state index is 14.5. The predicted molar refractivity (Wildman–Crippen MR) is 109 cm³/mol. The zero-order valence-corrected chi connectivity index (χ0v) is 17.7. The van der Waals surface area contributed by atoms with Gasteiger partial charge in [-0.15, -0.1) is 11.3 Å². The fourth-order valence-electron chi connectivity index (χ4n) is 3.19. The lowest BCUT2D eigenvalue weighted by Gasteiger charge is -2.19. The van der Waals surface area contributed by atoms with Crippen molar-refractivity contribution in [3.63, 3.8) is 0 Å². The Morgan fingerprint density at radius 1 is 1.19 bits per heavy atom. The zero-order chi connectivity index (χ0) is 22.4. The minimum atomic E-state index is -4.76. The highest BCUT2D eigenvalue weighted by Crippen LogP contribution is 2.39. The lowest BCUT2D eigenvalue weighted by Crippen LogP contribution is -2.23. The van der Waals surface area contributed by atoms with E-state index in [2.05, 4.69) is 20.6 Å². The Bertz CT molecular complexity index is 1260. The molecule has 1 aliphatic heterocycles. The predicted octanol–water partition coefficient (Wildman–Crippen LogP) is 4.16. The van der Waals surface area contributed by atoms with E-state index in [4.69, 9.17) is 0 Å². The van der Waals surface area contributed by atoms with E-state index in [1.807, 2.05) is 0 Å². The molecule has 2 N–H and O–H groups in total. The number of aromatic nitrogens is 2. The first-order chi connectivity index (χ1) is 14.5. The molecule has 0 fully saturated rings. The molecule has 1 aromatic carbocycles. The van der Waals surface area contributed by atoms with Gasteiger partial charge in [0, 0.05) is 24.4 Å². The third-order valence-corrected chi connectivity index (χ3v) is 6.93. The van der Waals surface area contributed by atoms with Gasteiger partial charge in [0.2, 0.25) is 5.95 Å². The van der Waals surface area contributed by atoms with E-state index in [1.54, 1.807) is 6.07 Å². The molecule has 0 spiro atoms. The van der Waals surface area contributed by atoms with Crippen molar-refractivity contribution in [1.29, 1.82) is 0 Å². The molecule has 1 aliphatic rings. The number of fused-ring (bicyclic) bond motifs is 1. The number of benzene rings is 1. The number of hydrogen-bond donors (Lipinski definition) is 2. The number of halogens is 4. The first-order valence-corrected chi connectivity index (χ1v) is 11.8. The average Bonchev–Trinajstić information content (AvgIpc) is 3.18. The van der Waals surface area contributed by atoms with Gasteiger partial charge in [-0.05, 0) is 42.3 Å². The van der Waals surface area contributed by atoms with Gasteiger partial charge >= 0.3 is 6.18 Å². The summed E-state index contributed by atoms with van der Waals surface area (Å²) in [7, 11) is -3.60. The highest BCUT2D eigenvalue weighted by molar-refractivity contribution is 7.90. The summed E-state index contributed by atoms with van der Waals surface area (Å²) in [4.78, 5) is 7.54. The Hall–Kier alpha value is -2.57. The summed E-state index contributed by atoms with van der Waals surface area (Å²) >= 11 is 0.817. The van der Waals surface area contributed by atoms with Crippen LogP contribution in [0.4, 0.5) is 29.2 Å². The monoisotopic (exact) mass is 472 g/mol. The van der Waals surface area contributed by atoms with Crippen LogP contribution in [0.5, 0.6) is 0 Å². The number of nitrogens with one attached hydrogen (secondary N) is 2. The Kier molecular flexibility index (Phi) is 5.48. The fraction of sp³-hybridized carbons (Fsp3) is 0.263. The summed E-state index contributed by atoms with van der Waals surface area (Å²) in [5.74, 6) is -0.805. The minimum Gasteiger partial charge on any atom is -0.322 e. The molecule has 31 heavy (non-hydrogen) atoms. The van der Waals surface area contributed by atoms with Gasteiger partial charge in [0.25, 0.3) is 0 Å². The maximum absolute atomic E-state index is 14.5. The van der Waals surface area contributed by atoms with E-state index in [0.29, 0.717) is 19.2 Å². The van der Waals surface area contributed by atoms with E-state index >= 15 is 0 Å². The number of alkyl halides is 3. The van der Waals surface area contributed by atoms with Gasteiger partial charge < -0.3 is 10.6 Å². The van der Waals surface area contributed by atoms with E-state index in [1.165, 1.54) is 11.4 Å². The molecule has 12 heteroatoms. The van der Waals surface area contributed by atoms with Gasteiger partial charge in [0.1, 0.15) is 11.4 Å². The molecule has 3 heterocycles. The largest absolute Gasteiger partial charge is 0.420 e. The molecule has 6 nitrogen and oxygen atoms in total. The maximum Gasteiger partial charge on any atom is 0.420 e. The molecule has 0 bridgehead atoms. The number of anilines is 2. The number of thiophene rings is 1. The van der Waals surface area contributed by atoms with Gasteiger partial charge in [0.05, 0.1) is 21.2 Å². The molecule has 2 aromatic heterocycles. The first-order valence-electron chi connectivity index (χ1n) is 9.04. The topological polar surface area (TPSA) is 84.0 Å². The van der Waals surface area contributed by atoms with Crippen molar-refractivity contribution in [2.45, 2.75) is 24.0 Å². The third-order valence-electron chi connectivity index (χ3n) is 4.75. The van der Waals surface area contributed by atoms with Crippen LogP contribution in [0.15, 0.2) is 34.7 Å². The molecule has 3 aromatic rings. The van der Waals surface area contributed by atoms with Crippen LogP contribution in [-0.4, -0.2) is 31.2 Å². The molecule has 4 rings (SSSR count). The van der Waals surface area contributed by atoms with Gasteiger partial charge in [-0.2, -0.15) is 13.2 Å². The summed E-state index contributed by atoms with van der Waals surface area (Å²) in [6, 6.07) is 4.10. The summed E-state index contributed by atoms with van der Waals surface area (Å²) in [6.45, 7) is 1.29. The molecule has 0 aliphatic carbocycles. The van der Waals surface area contributed by atoms with Gasteiger partial charge in [-0.3, -0.25) is 0 Å². The lowest BCUT2D eigenvalue weighted by atomic mass is 10.00. The standard InChI is InChI=1S/C19H16F4N4O2S2/c1-31(28,29)12-6-16(30-9-12)17-13(19(21,22)23)8-25-18(27-17)26-15-5-11-7-24-3-2-10(11)4-14(15)20/h4-6,8-9,24H,2-3,7H2,1H3,(H,25,26,27).